The first-order valence-corrected chi connectivity index (χ1v) is 11.1. The number of benzene rings is 2. The maximum atomic E-state index is 13.9. The van der Waals surface area contributed by atoms with E-state index in [2.05, 4.69) is 0 Å². The van der Waals surface area contributed by atoms with Gasteiger partial charge in [-0.25, -0.2) is 4.90 Å². The van der Waals surface area contributed by atoms with Crippen LogP contribution < -0.4 is 4.90 Å². The van der Waals surface area contributed by atoms with Gasteiger partial charge in [0.1, 0.15) is 6.04 Å². The van der Waals surface area contributed by atoms with Gasteiger partial charge in [0.2, 0.25) is 17.6 Å². The number of nitrogens with zero attached hydrogens (tertiary/aromatic N) is 3. The number of carbonyl (C=O) groups is 3. The average Bonchev–Trinajstić information content (AvgIpc) is 3.56. The van der Waals surface area contributed by atoms with Crippen molar-refractivity contribution in [3.63, 3.8) is 0 Å². The number of furan rings is 1. The predicted molar refractivity (Wildman–Crippen MR) is 124 cm³/mol. The zero-order valence-corrected chi connectivity index (χ0v) is 18.5. The summed E-state index contributed by atoms with van der Waals surface area (Å²) in [7, 11) is 0. The lowest BCUT2D eigenvalue weighted by Gasteiger charge is -2.35. The minimum Gasteiger partial charge on any atom is -0.461 e. The van der Waals surface area contributed by atoms with Crippen LogP contribution in [0.1, 0.15) is 33.3 Å². The summed E-state index contributed by atoms with van der Waals surface area (Å²) < 4.78 is 5.36. The number of fused-ring (bicyclic) bond motifs is 5. The topological polar surface area (TPSA) is 114 Å². The molecular weight excluding hydrogens is 450 g/mol. The molecule has 2 fully saturated rings. The van der Waals surface area contributed by atoms with E-state index in [0.29, 0.717) is 5.56 Å². The molecular formula is C26H19N3O6. The number of hydrogen-bond acceptors (Lipinski definition) is 7. The fraction of sp³-hybridized carbons (Fsp3) is 0.192. The minimum absolute atomic E-state index is 0.117. The molecule has 3 aliphatic rings. The van der Waals surface area contributed by atoms with E-state index < -0.39 is 40.7 Å². The number of imide groups is 1. The van der Waals surface area contributed by atoms with Crippen molar-refractivity contribution in [1.29, 1.82) is 0 Å². The first-order valence-electron chi connectivity index (χ1n) is 11.1. The molecule has 0 bridgehead atoms. The van der Waals surface area contributed by atoms with Gasteiger partial charge < -0.3 is 9.32 Å². The third kappa shape index (κ3) is 2.91. The van der Waals surface area contributed by atoms with Gasteiger partial charge in [0, 0.05) is 18.3 Å². The molecule has 0 saturated carbocycles. The zero-order valence-electron chi connectivity index (χ0n) is 18.5. The van der Waals surface area contributed by atoms with E-state index in [1.165, 1.54) is 24.5 Å². The highest BCUT2D eigenvalue weighted by Crippen LogP contribution is 2.54. The lowest BCUT2D eigenvalue weighted by atomic mass is 9.84. The third-order valence-corrected chi connectivity index (χ3v) is 7.13. The Labute approximate surface area is 199 Å². The fourth-order valence-corrected chi connectivity index (χ4v) is 5.66. The molecule has 2 aromatic carbocycles. The molecule has 0 aliphatic carbocycles. The molecule has 2 amide bonds. The van der Waals surface area contributed by atoms with E-state index in [1.54, 1.807) is 30.2 Å². The number of rotatable bonds is 4. The van der Waals surface area contributed by atoms with Crippen LogP contribution in [-0.4, -0.2) is 33.5 Å². The minimum atomic E-state index is -0.935. The highest BCUT2D eigenvalue weighted by molar-refractivity contribution is 6.25. The monoisotopic (exact) mass is 469 g/mol. The number of amides is 2. The van der Waals surface area contributed by atoms with E-state index in [1.807, 2.05) is 30.3 Å². The van der Waals surface area contributed by atoms with Gasteiger partial charge in [-0.05, 0) is 47.9 Å². The van der Waals surface area contributed by atoms with Crippen LogP contribution >= 0.6 is 0 Å². The van der Waals surface area contributed by atoms with Crippen LogP contribution in [0, 0.1) is 28.9 Å². The molecule has 0 spiro atoms. The molecule has 0 radical (unpaired) electrons. The van der Waals surface area contributed by atoms with E-state index in [9.17, 15) is 24.5 Å². The molecule has 3 aromatic rings. The second-order valence-electron chi connectivity index (χ2n) is 8.91. The Kier molecular flexibility index (Phi) is 4.50. The smallest absolute Gasteiger partial charge is 0.269 e. The highest BCUT2D eigenvalue weighted by Gasteiger charge is 2.65. The molecule has 1 aromatic heterocycles. The molecule has 9 heteroatoms. The van der Waals surface area contributed by atoms with Crippen molar-refractivity contribution in [1.82, 2.24) is 4.90 Å². The van der Waals surface area contributed by atoms with Gasteiger partial charge in [0.25, 0.3) is 5.69 Å². The summed E-state index contributed by atoms with van der Waals surface area (Å²) in [5, 5.41) is 11.2. The molecule has 174 valence electrons. The number of Topliss-reactive ketones (excluding diaryl/α,β-unsaturated/α-hetero) is 1. The van der Waals surface area contributed by atoms with Gasteiger partial charge in [-0.1, -0.05) is 24.3 Å². The number of hydrogen-bond donors (Lipinski definition) is 0. The molecule has 9 nitrogen and oxygen atoms in total. The standard InChI is InChI=1S/C26H19N3O6/c1-14-13-16(29(33)34)8-9-18(14)28-25(31)20-21(26(28)32)23(24(30)19-7-4-12-35-19)27-11-10-15-5-2-3-6-17(15)22(20)27/h2-13,20-23H,1H3/t20-,21+,22?,23-/m0/s1. The van der Waals surface area contributed by atoms with Crippen molar-refractivity contribution >= 4 is 35.0 Å². The van der Waals surface area contributed by atoms with Crippen LogP contribution in [-0.2, 0) is 9.59 Å². The number of anilines is 1. The van der Waals surface area contributed by atoms with Crippen molar-refractivity contribution in [3.8, 4) is 0 Å². The lowest BCUT2D eigenvalue weighted by Crippen LogP contribution is -2.44. The Balaban J connectivity index is 1.49. The third-order valence-electron chi connectivity index (χ3n) is 7.13. The van der Waals surface area contributed by atoms with Crippen LogP contribution in [0.2, 0.25) is 0 Å². The summed E-state index contributed by atoms with van der Waals surface area (Å²) in [6.45, 7) is 1.62. The molecule has 3 aliphatic heterocycles. The number of non-ortho nitro benzene ring substituents is 1. The lowest BCUT2D eigenvalue weighted by molar-refractivity contribution is -0.384. The molecule has 6 rings (SSSR count). The number of carbonyl (C=O) groups excluding carboxylic acids is 3. The second kappa shape index (κ2) is 7.49. The number of aryl methyl sites for hydroxylation is 1. The molecule has 4 heterocycles. The number of nitro groups is 1. The summed E-state index contributed by atoms with van der Waals surface area (Å²) >= 11 is 0. The predicted octanol–water partition coefficient (Wildman–Crippen LogP) is 3.89. The molecule has 1 unspecified atom stereocenters. The van der Waals surface area contributed by atoms with E-state index in [-0.39, 0.29) is 22.9 Å². The first-order chi connectivity index (χ1) is 16.9. The number of nitro benzene ring substituents is 1. The summed E-state index contributed by atoms with van der Waals surface area (Å²) in [6, 6.07) is 13.3. The van der Waals surface area contributed by atoms with E-state index in [4.69, 9.17) is 4.42 Å². The summed E-state index contributed by atoms with van der Waals surface area (Å²) in [5.41, 5.74) is 2.37. The van der Waals surface area contributed by atoms with E-state index >= 15 is 0 Å². The van der Waals surface area contributed by atoms with Crippen molar-refractivity contribution < 1.29 is 23.7 Å². The van der Waals surface area contributed by atoms with Gasteiger partial charge in [-0.15, -0.1) is 0 Å². The van der Waals surface area contributed by atoms with Crippen molar-refractivity contribution in [3.05, 3.63) is 99.6 Å². The van der Waals surface area contributed by atoms with Gasteiger partial charge in [-0.3, -0.25) is 24.5 Å². The Hall–Kier alpha value is -4.53. The van der Waals surface area contributed by atoms with Crippen molar-refractivity contribution in [2.24, 2.45) is 11.8 Å². The SMILES string of the molecule is Cc1cc([N+](=O)[O-])ccc1N1C(=O)[C@@H]2[C@H](C1=O)C1c3ccccc3C=CN1[C@@H]2C(=O)c1ccco1. The first kappa shape index (κ1) is 21.0. The second-order valence-corrected chi connectivity index (χ2v) is 8.91. The average molecular weight is 469 g/mol. The molecule has 2 saturated heterocycles. The summed E-state index contributed by atoms with van der Waals surface area (Å²) in [5.74, 6) is -2.91. The normalized spacial score (nSPS) is 24.4. The van der Waals surface area contributed by atoms with Gasteiger partial charge >= 0.3 is 0 Å². The maximum absolute atomic E-state index is 13.9. The van der Waals surface area contributed by atoms with Crippen molar-refractivity contribution in [2.75, 3.05) is 4.90 Å². The Morgan fingerprint density at radius 3 is 2.51 bits per heavy atom. The van der Waals surface area contributed by atoms with Crippen molar-refractivity contribution in [2.45, 2.75) is 19.0 Å². The van der Waals surface area contributed by atoms with Crippen LogP contribution in [0.5, 0.6) is 0 Å². The Morgan fingerprint density at radius 1 is 1.03 bits per heavy atom. The largest absolute Gasteiger partial charge is 0.461 e. The highest BCUT2D eigenvalue weighted by atomic mass is 16.6. The zero-order chi connectivity index (χ0) is 24.4. The summed E-state index contributed by atoms with van der Waals surface area (Å²) in [4.78, 5) is 54.8. The van der Waals surface area contributed by atoms with Gasteiger partial charge in [-0.2, -0.15) is 0 Å². The van der Waals surface area contributed by atoms with Crippen LogP contribution in [0.15, 0.2) is 71.5 Å². The number of ketones is 1. The maximum Gasteiger partial charge on any atom is 0.269 e. The van der Waals surface area contributed by atoms with E-state index in [0.717, 1.165) is 16.0 Å². The quantitative estimate of drug-likeness (QED) is 0.246. The van der Waals surface area contributed by atoms with Crippen LogP contribution in [0.3, 0.4) is 0 Å². The summed E-state index contributed by atoms with van der Waals surface area (Å²) in [6.07, 6.45) is 5.05. The Bertz CT molecular complexity index is 1440. The Morgan fingerprint density at radius 2 is 1.80 bits per heavy atom. The molecule has 4 atom stereocenters. The van der Waals surface area contributed by atoms with Crippen LogP contribution in [0.4, 0.5) is 11.4 Å². The fourth-order valence-electron chi connectivity index (χ4n) is 5.66. The molecule has 0 N–H and O–H groups in total. The van der Waals surface area contributed by atoms with Crippen LogP contribution in [0.25, 0.3) is 6.08 Å². The van der Waals surface area contributed by atoms with Gasteiger partial charge in [0.15, 0.2) is 5.76 Å². The van der Waals surface area contributed by atoms with Gasteiger partial charge in [0.05, 0.1) is 34.8 Å². The molecule has 35 heavy (non-hydrogen) atoms.